The lowest BCUT2D eigenvalue weighted by Gasteiger charge is -2.05. The standard InChI is InChI=1S/C14H12O2/c15-9-3-6-14-12(10-16)8-7-11-4-1-2-5-13(11)14/h1-8,10,15H,9H2. The number of hydrogen-bond donors (Lipinski definition) is 1. The number of aliphatic hydroxyl groups is 1. The fourth-order valence-electron chi connectivity index (χ4n) is 1.77. The fourth-order valence-corrected chi connectivity index (χ4v) is 1.77. The van der Waals surface area contributed by atoms with Gasteiger partial charge in [0.05, 0.1) is 6.61 Å². The summed E-state index contributed by atoms with van der Waals surface area (Å²) in [5.74, 6) is 0. The molecule has 0 aliphatic rings. The molecule has 0 saturated heterocycles. The Balaban J connectivity index is 2.72. The quantitative estimate of drug-likeness (QED) is 0.794. The molecule has 0 aromatic heterocycles. The van der Waals surface area contributed by atoms with Crippen molar-refractivity contribution >= 4 is 23.1 Å². The van der Waals surface area contributed by atoms with Gasteiger partial charge in [0.2, 0.25) is 0 Å². The lowest BCUT2D eigenvalue weighted by Crippen LogP contribution is -1.88. The molecule has 0 heterocycles. The summed E-state index contributed by atoms with van der Waals surface area (Å²) in [5.41, 5.74) is 1.51. The SMILES string of the molecule is O=Cc1ccc2ccccc2c1C=CCO. The summed E-state index contributed by atoms with van der Waals surface area (Å²) in [7, 11) is 0. The highest BCUT2D eigenvalue weighted by Crippen LogP contribution is 2.22. The molecule has 80 valence electrons. The van der Waals surface area contributed by atoms with Crippen LogP contribution in [0.3, 0.4) is 0 Å². The van der Waals surface area contributed by atoms with Gasteiger partial charge in [-0.15, -0.1) is 0 Å². The lowest BCUT2D eigenvalue weighted by molar-refractivity contribution is 0.112. The zero-order chi connectivity index (χ0) is 11.4. The van der Waals surface area contributed by atoms with E-state index in [-0.39, 0.29) is 6.61 Å². The lowest BCUT2D eigenvalue weighted by atomic mass is 9.99. The van der Waals surface area contributed by atoms with Crippen LogP contribution < -0.4 is 0 Å². The van der Waals surface area contributed by atoms with Gasteiger partial charge >= 0.3 is 0 Å². The first-order valence-corrected chi connectivity index (χ1v) is 5.11. The maximum atomic E-state index is 10.9. The monoisotopic (exact) mass is 212 g/mol. The second kappa shape index (κ2) is 4.73. The third-order valence-corrected chi connectivity index (χ3v) is 2.52. The molecule has 2 nitrogen and oxygen atoms in total. The molecule has 1 N–H and O–H groups in total. The number of aldehydes is 1. The van der Waals surface area contributed by atoms with Crippen molar-refractivity contribution in [2.45, 2.75) is 0 Å². The molecule has 0 unspecified atom stereocenters. The van der Waals surface area contributed by atoms with Gasteiger partial charge in [-0.25, -0.2) is 0 Å². The smallest absolute Gasteiger partial charge is 0.150 e. The van der Waals surface area contributed by atoms with Gasteiger partial charge in [0.15, 0.2) is 6.29 Å². The Hall–Kier alpha value is -1.93. The number of hydrogen-bond acceptors (Lipinski definition) is 2. The van der Waals surface area contributed by atoms with Gasteiger partial charge in [-0.05, 0) is 16.3 Å². The van der Waals surface area contributed by atoms with Crippen LogP contribution in [0.4, 0.5) is 0 Å². The van der Waals surface area contributed by atoms with E-state index in [0.717, 1.165) is 22.6 Å². The number of benzene rings is 2. The highest BCUT2D eigenvalue weighted by molar-refractivity contribution is 5.98. The summed E-state index contributed by atoms with van der Waals surface area (Å²) in [5, 5.41) is 10.9. The van der Waals surface area contributed by atoms with Crippen molar-refractivity contribution in [2.24, 2.45) is 0 Å². The van der Waals surface area contributed by atoms with E-state index in [0.29, 0.717) is 5.56 Å². The van der Waals surface area contributed by atoms with E-state index in [2.05, 4.69) is 0 Å². The van der Waals surface area contributed by atoms with Gasteiger partial charge in [-0.2, -0.15) is 0 Å². The zero-order valence-corrected chi connectivity index (χ0v) is 8.76. The highest BCUT2D eigenvalue weighted by atomic mass is 16.2. The Morgan fingerprint density at radius 2 is 1.94 bits per heavy atom. The maximum absolute atomic E-state index is 10.9. The molecule has 0 fully saturated rings. The first-order chi connectivity index (χ1) is 7.86. The molecule has 0 atom stereocenters. The van der Waals surface area contributed by atoms with E-state index < -0.39 is 0 Å². The summed E-state index contributed by atoms with van der Waals surface area (Å²) >= 11 is 0. The van der Waals surface area contributed by atoms with Crippen LogP contribution in [0.15, 0.2) is 42.5 Å². The Labute approximate surface area is 93.8 Å². The summed E-state index contributed by atoms with van der Waals surface area (Å²) < 4.78 is 0. The van der Waals surface area contributed by atoms with Crippen molar-refractivity contribution in [2.75, 3.05) is 6.61 Å². The molecule has 0 aliphatic carbocycles. The van der Waals surface area contributed by atoms with Crippen molar-refractivity contribution < 1.29 is 9.90 Å². The van der Waals surface area contributed by atoms with Crippen LogP contribution >= 0.6 is 0 Å². The number of carbonyl (C=O) groups excluding carboxylic acids is 1. The van der Waals surface area contributed by atoms with E-state index in [1.807, 2.05) is 30.3 Å². The third kappa shape index (κ3) is 1.88. The van der Waals surface area contributed by atoms with Crippen molar-refractivity contribution in [1.29, 1.82) is 0 Å². The van der Waals surface area contributed by atoms with E-state index in [4.69, 9.17) is 5.11 Å². The molecule has 0 saturated carbocycles. The average Bonchev–Trinajstić information content (AvgIpc) is 2.35. The van der Waals surface area contributed by atoms with E-state index >= 15 is 0 Å². The van der Waals surface area contributed by atoms with Crippen LogP contribution in [-0.4, -0.2) is 18.0 Å². The van der Waals surface area contributed by atoms with Gasteiger partial charge in [-0.1, -0.05) is 48.6 Å². The summed E-state index contributed by atoms with van der Waals surface area (Å²) in [6.45, 7) is -0.0263. The van der Waals surface area contributed by atoms with E-state index in [1.54, 1.807) is 18.2 Å². The van der Waals surface area contributed by atoms with E-state index in [9.17, 15) is 4.79 Å². The Morgan fingerprint density at radius 3 is 2.69 bits per heavy atom. The topological polar surface area (TPSA) is 37.3 Å². The third-order valence-electron chi connectivity index (χ3n) is 2.52. The number of fused-ring (bicyclic) bond motifs is 1. The molecule has 0 aliphatic heterocycles. The molecule has 2 aromatic carbocycles. The zero-order valence-electron chi connectivity index (χ0n) is 8.76. The Kier molecular flexibility index (Phi) is 3.13. The predicted octanol–water partition coefficient (Wildman–Crippen LogP) is 2.66. The molecule has 0 bridgehead atoms. The van der Waals surface area contributed by atoms with Crippen molar-refractivity contribution in [3.05, 3.63) is 53.6 Å². The molecular formula is C14H12O2. The van der Waals surface area contributed by atoms with Crippen molar-refractivity contribution in [1.82, 2.24) is 0 Å². The van der Waals surface area contributed by atoms with Crippen molar-refractivity contribution in [3.63, 3.8) is 0 Å². The van der Waals surface area contributed by atoms with Gasteiger partial charge < -0.3 is 5.11 Å². The first kappa shape index (κ1) is 10.6. The minimum atomic E-state index is -0.0263. The average molecular weight is 212 g/mol. The van der Waals surface area contributed by atoms with Crippen LogP contribution in [-0.2, 0) is 0 Å². The largest absolute Gasteiger partial charge is 0.392 e. The van der Waals surface area contributed by atoms with Crippen LogP contribution in [0.1, 0.15) is 15.9 Å². The molecule has 2 heteroatoms. The second-order valence-electron chi connectivity index (χ2n) is 3.49. The van der Waals surface area contributed by atoms with Gasteiger partial charge in [0.25, 0.3) is 0 Å². The van der Waals surface area contributed by atoms with Gasteiger partial charge in [0, 0.05) is 5.56 Å². The number of rotatable bonds is 3. The second-order valence-corrected chi connectivity index (χ2v) is 3.49. The molecule has 0 spiro atoms. The minimum absolute atomic E-state index is 0.0263. The minimum Gasteiger partial charge on any atom is -0.392 e. The van der Waals surface area contributed by atoms with Crippen molar-refractivity contribution in [3.8, 4) is 0 Å². The maximum Gasteiger partial charge on any atom is 0.150 e. The molecule has 2 aromatic rings. The molecule has 0 amide bonds. The summed E-state index contributed by atoms with van der Waals surface area (Å²) in [6, 6.07) is 11.6. The molecular weight excluding hydrogens is 200 g/mol. The van der Waals surface area contributed by atoms with Gasteiger partial charge in [-0.3, -0.25) is 4.79 Å². The normalized spacial score (nSPS) is 11.1. The van der Waals surface area contributed by atoms with Crippen LogP contribution in [0.25, 0.3) is 16.8 Å². The first-order valence-electron chi connectivity index (χ1n) is 5.11. The predicted molar refractivity (Wildman–Crippen MR) is 65.5 cm³/mol. The number of carbonyl (C=O) groups is 1. The van der Waals surface area contributed by atoms with Crippen LogP contribution in [0.2, 0.25) is 0 Å². The van der Waals surface area contributed by atoms with Crippen LogP contribution in [0, 0.1) is 0 Å². The summed E-state index contributed by atoms with van der Waals surface area (Å²) in [4.78, 5) is 10.9. The molecule has 2 rings (SSSR count). The summed E-state index contributed by atoms with van der Waals surface area (Å²) in [6.07, 6.45) is 4.25. The molecule has 16 heavy (non-hydrogen) atoms. The molecule has 0 radical (unpaired) electrons. The highest BCUT2D eigenvalue weighted by Gasteiger charge is 2.03. The Morgan fingerprint density at radius 1 is 1.12 bits per heavy atom. The van der Waals surface area contributed by atoms with Gasteiger partial charge in [0.1, 0.15) is 0 Å². The van der Waals surface area contributed by atoms with E-state index in [1.165, 1.54) is 0 Å². The number of aliphatic hydroxyl groups excluding tert-OH is 1. The Bertz CT molecular complexity index is 541. The fraction of sp³-hybridized carbons (Fsp3) is 0.0714. The van der Waals surface area contributed by atoms with Crippen LogP contribution in [0.5, 0.6) is 0 Å².